The summed E-state index contributed by atoms with van der Waals surface area (Å²) in [5.74, 6) is 0.790. The number of nitrogens with zero attached hydrogens (tertiary/aromatic N) is 2. The Bertz CT molecular complexity index is 962. The van der Waals surface area contributed by atoms with Crippen LogP contribution in [0.5, 0.6) is 5.75 Å². The molecule has 6 heteroatoms. The lowest BCUT2D eigenvalue weighted by Gasteiger charge is -2.09. The molecule has 0 saturated carbocycles. The van der Waals surface area contributed by atoms with Gasteiger partial charge in [0.05, 0.1) is 30.6 Å². The van der Waals surface area contributed by atoms with Crippen molar-refractivity contribution >= 4 is 23.1 Å². The molecule has 0 spiro atoms. The number of hydrogen-bond donors (Lipinski definition) is 2. The van der Waals surface area contributed by atoms with E-state index in [1.165, 1.54) is 0 Å². The maximum Gasteiger partial charge on any atom is 0.256 e. The van der Waals surface area contributed by atoms with Crippen molar-refractivity contribution in [2.24, 2.45) is 0 Å². The van der Waals surface area contributed by atoms with E-state index in [0.717, 1.165) is 11.4 Å². The number of amides is 1. The number of aromatic nitrogens is 1. The number of nitrogens with one attached hydrogen (secondary N) is 2. The van der Waals surface area contributed by atoms with Crippen molar-refractivity contribution in [1.29, 1.82) is 5.26 Å². The van der Waals surface area contributed by atoms with Gasteiger partial charge in [0.2, 0.25) is 0 Å². The first-order valence-electron chi connectivity index (χ1n) is 7.86. The minimum Gasteiger partial charge on any atom is -0.497 e. The Morgan fingerprint density at radius 1 is 1.08 bits per heavy atom. The van der Waals surface area contributed by atoms with Crippen LogP contribution >= 0.6 is 0 Å². The van der Waals surface area contributed by atoms with E-state index in [2.05, 4.69) is 21.7 Å². The first-order chi connectivity index (χ1) is 12.7. The molecule has 0 aliphatic carbocycles. The number of carbonyl (C=O) groups is 1. The Morgan fingerprint density at radius 3 is 2.65 bits per heavy atom. The Hall–Kier alpha value is -3.85. The molecule has 0 radical (unpaired) electrons. The lowest BCUT2D eigenvalue weighted by Crippen LogP contribution is -2.12. The van der Waals surface area contributed by atoms with E-state index in [1.54, 1.807) is 67.9 Å². The Labute approximate surface area is 151 Å². The van der Waals surface area contributed by atoms with E-state index in [9.17, 15) is 4.79 Å². The van der Waals surface area contributed by atoms with Gasteiger partial charge >= 0.3 is 0 Å². The number of benzene rings is 2. The quantitative estimate of drug-likeness (QED) is 0.731. The van der Waals surface area contributed by atoms with Crippen LogP contribution in [-0.4, -0.2) is 18.0 Å². The minimum atomic E-state index is -0.265. The molecule has 0 aliphatic heterocycles. The summed E-state index contributed by atoms with van der Waals surface area (Å²) in [6.45, 7) is 0. The molecule has 128 valence electrons. The van der Waals surface area contributed by atoms with Gasteiger partial charge in [-0.3, -0.25) is 4.79 Å². The summed E-state index contributed by atoms with van der Waals surface area (Å²) >= 11 is 0. The first kappa shape index (κ1) is 17.0. The molecule has 3 aromatic rings. The molecule has 2 N–H and O–H groups in total. The Morgan fingerprint density at radius 2 is 1.92 bits per heavy atom. The molecule has 1 amide bonds. The summed E-state index contributed by atoms with van der Waals surface area (Å²) < 4.78 is 5.12. The third-order valence-electron chi connectivity index (χ3n) is 3.62. The monoisotopic (exact) mass is 344 g/mol. The topological polar surface area (TPSA) is 87.0 Å². The predicted octanol–water partition coefficient (Wildman–Crippen LogP) is 3.96. The van der Waals surface area contributed by atoms with Crippen LogP contribution in [0.15, 0.2) is 66.9 Å². The molecule has 2 aromatic carbocycles. The van der Waals surface area contributed by atoms with Gasteiger partial charge in [-0.05, 0) is 48.5 Å². The van der Waals surface area contributed by atoms with Gasteiger partial charge in [0.25, 0.3) is 5.91 Å². The number of anilines is 3. The molecule has 26 heavy (non-hydrogen) atoms. The van der Waals surface area contributed by atoms with Crippen LogP contribution in [0.2, 0.25) is 0 Å². The third-order valence-corrected chi connectivity index (χ3v) is 3.62. The van der Waals surface area contributed by atoms with Gasteiger partial charge in [0.1, 0.15) is 11.6 Å². The zero-order valence-electron chi connectivity index (χ0n) is 14.1. The summed E-state index contributed by atoms with van der Waals surface area (Å²) in [5.41, 5.74) is 2.60. The normalized spacial score (nSPS) is 9.85. The average molecular weight is 344 g/mol. The highest BCUT2D eigenvalue weighted by molar-refractivity contribution is 6.04. The molecular weight excluding hydrogens is 328 g/mol. The van der Waals surface area contributed by atoms with Gasteiger partial charge in [-0.15, -0.1) is 0 Å². The summed E-state index contributed by atoms with van der Waals surface area (Å²) in [6, 6.07) is 19.6. The lowest BCUT2D eigenvalue weighted by atomic mass is 10.2. The van der Waals surface area contributed by atoms with E-state index in [4.69, 9.17) is 10.00 Å². The van der Waals surface area contributed by atoms with Crippen LogP contribution < -0.4 is 15.4 Å². The van der Waals surface area contributed by atoms with Crippen molar-refractivity contribution in [2.45, 2.75) is 0 Å². The lowest BCUT2D eigenvalue weighted by molar-refractivity contribution is 0.102. The van der Waals surface area contributed by atoms with Gasteiger partial charge in [0.15, 0.2) is 0 Å². The number of carbonyl (C=O) groups excluding carboxylic acids is 1. The highest BCUT2D eigenvalue weighted by atomic mass is 16.5. The van der Waals surface area contributed by atoms with Gasteiger partial charge in [0, 0.05) is 11.3 Å². The van der Waals surface area contributed by atoms with Crippen LogP contribution in [-0.2, 0) is 0 Å². The van der Waals surface area contributed by atoms with Crippen LogP contribution in [0.1, 0.15) is 15.9 Å². The maximum atomic E-state index is 12.3. The van der Waals surface area contributed by atoms with Gasteiger partial charge in [-0.2, -0.15) is 5.26 Å². The smallest absolute Gasteiger partial charge is 0.256 e. The summed E-state index contributed by atoms with van der Waals surface area (Å²) in [4.78, 5) is 16.5. The van der Waals surface area contributed by atoms with Crippen LogP contribution in [0.4, 0.5) is 17.2 Å². The second kappa shape index (κ2) is 7.81. The van der Waals surface area contributed by atoms with E-state index in [0.29, 0.717) is 22.7 Å². The second-order valence-corrected chi connectivity index (χ2v) is 5.44. The molecule has 3 rings (SSSR count). The molecule has 0 aliphatic rings. The summed E-state index contributed by atoms with van der Waals surface area (Å²) in [6.07, 6.45) is 1.61. The molecule has 0 saturated heterocycles. The van der Waals surface area contributed by atoms with Crippen LogP contribution in [0, 0.1) is 11.3 Å². The molecule has 0 unspecified atom stereocenters. The van der Waals surface area contributed by atoms with Crippen LogP contribution in [0.25, 0.3) is 0 Å². The number of rotatable bonds is 5. The summed E-state index contributed by atoms with van der Waals surface area (Å²) in [7, 11) is 1.55. The standard InChI is InChI=1S/C20H16N4O2/c1-26-18-7-3-5-15(11-18)20(25)24-19-9-8-17(13-22-19)23-16-6-2-4-14(10-16)12-21/h2-11,13,23H,1H3,(H,22,24,25). The van der Waals surface area contributed by atoms with Crippen molar-refractivity contribution < 1.29 is 9.53 Å². The minimum absolute atomic E-state index is 0.265. The van der Waals surface area contributed by atoms with E-state index in [-0.39, 0.29) is 5.91 Å². The fourth-order valence-electron chi connectivity index (χ4n) is 2.33. The number of hydrogen-bond acceptors (Lipinski definition) is 5. The number of nitriles is 1. The van der Waals surface area contributed by atoms with Crippen molar-refractivity contribution in [3.8, 4) is 11.8 Å². The molecule has 0 fully saturated rings. The number of methoxy groups -OCH3 is 1. The van der Waals surface area contributed by atoms with Crippen molar-refractivity contribution in [1.82, 2.24) is 4.98 Å². The van der Waals surface area contributed by atoms with E-state index in [1.807, 2.05) is 6.07 Å². The zero-order chi connectivity index (χ0) is 18.4. The summed E-state index contributed by atoms with van der Waals surface area (Å²) in [5, 5.41) is 14.8. The Balaban J connectivity index is 1.67. The SMILES string of the molecule is COc1cccc(C(=O)Nc2ccc(Nc3cccc(C#N)c3)cn2)c1. The fourth-order valence-corrected chi connectivity index (χ4v) is 2.33. The maximum absolute atomic E-state index is 12.3. The van der Waals surface area contributed by atoms with Crippen molar-refractivity contribution in [2.75, 3.05) is 17.7 Å². The fraction of sp³-hybridized carbons (Fsp3) is 0.0500. The molecule has 0 bridgehead atoms. The second-order valence-electron chi connectivity index (χ2n) is 5.44. The van der Waals surface area contributed by atoms with Crippen LogP contribution in [0.3, 0.4) is 0 Å². The largest absolute Gasteiger partial charge is 0.497 e. The van der Waals surface area contributed by atoms with E-state index >= 15 is 0 Å². The highest BCUT2D eigenvalue weighted by Crippen LogP contribution is 2.19. The number of ether oxygens (including phenoxy) is 1. The Kier molecular flexibility index (Phi) is 5.11. The molecular formula is C20H16N4O2. The van der Waals surface area contributed by atoms with Crippen molar-refractivity contribution in [3.63, 3.8) is 0 Å². The predicted molar refractivity (Wildman–Crippen MR) is 99.6 cm³/mol. The van der Waals surface area contributed by atoms with Gasteiger partial charge in [-0.1, -0.05) is 12.1 Å². The van der Waals surface area contributed by atoms with Gasteiger partial charge < -0.3 is 15.4 Å². The van der Waals surface area contributed by atoms with E-state index < -0.39 is 0 Å². The van der Waals surface area contributed by atoms with Gasteiger partial charge in [-0.25, -0.2) is 4.98 Å². The molecule has 1 aromatic heterocycles. The highest BCUT2D eigenvalue weighted by Gasteiger charge is 2.08. The number of pyridine rings is 1. The first-order valence-corrected chi connectivity index (χ1v) is 7.86. The zero-order valence-corrected chi connectivity index (χ0v) is 14.1. The molecule has 6 nitrogen and oxygen atoms in total. The third kappa shape index (κ3) is 4.16. The average Bonchev–Trinajstić information content (AvgIpc) is 2.69. The van der Waals surface area contributed by atoms with Crippen molar-refractivity contribution in [3.05, 3.63) is 78.0 Å². The molecule has 0 atom stereocenters. The molecule has 1 heterocycles.